The van der Waals surface area contributed by atoms with Gasteiger partial charge in [0.1, 0.15) is 0 Å². The van der Waals surface area contributed by atoms with Gasteiger partial charge in [-0.15, -0.1) is 0 Å². The van der Waals surface area contributed by atoms with Gasteiger partial charge in [-0.25, -0.2) is 0 Å². The van der Waals surface area contributed by atoms with Crippen molar-refractivity contribution in [1.29, 1.82) is 0 Å². The highest BCUT2D eigenvalue weighted by Crippen LogP contribution is 2.28. The predicted molar refractivity (Wildman–Crippen MR) is 60.3 cm³/mol. The zero-order chi connectivity index (χ0) is 10.4. The van der Waals surface area contributed by atoms with Crippen molar-refractivity contribution in [1.82, 2.24) is 5.32 Å². The fourth-order valence-corrected chi connectivity index (χ4v) is 2.52. The summed E-state index contributed by atoms with van der Waals surface area (Å²) in [6, 6.07) is 0.863. The molecule has 0 aliphatic heterocycles. The van der Waals surface area contributed by atoms with Gasteiger partial charge in [0.15, 0.2) is 0 Å². The summed E-state index contributed by atoms with van der Waals surface area (Å²) in [6.07, 6.45) is 8.00. The Kier molecular flexibility index (Phi) is 5.49. The zero-order valence-corrected chi connectivity index (χ0v) is 9.63. The van der Waals surface area contributed by atoms with Gasteiger partial charge in [-0.1, -0.05) is 32.6 Å². The number of hydrogen-bond acceptors (Lipinski definition) is 2. The van der Waals surface area contributed by atoms with Crippen LogP contribution >= 0.6 is 0 Å². The molecule has 84 valence electrons. The Morgan fingerprint density at radius 2 is 2.00 bits per heavy atom. The molecule has 0 heterocycles. The monoisotopic (exact) mass is 199 g/mol. The van der Waals surface area contributed by atoms with Crippen LogP contribution < -0.4 is 5.32 Å². The Hall–Kier alpha value is -0.0800. The van der Waals surface area contributed by atoms with Crippen molar-refractivity contribution in [2.45, 2.75) is 64.5 Å². The average molecular weight is 199 g/mol. The van der Waals surface area contributed by atoms with Crippen LogP contribution in [-0.2, 0) is 0 Å². The number of rotatable bonds is 6. The van der Waals surface area contributed by atoms with E-state index in [-0.39, 0.29) is 6.61 Å². The lowest BCUT2D eigenvalue weighted by molar-refractivity contribution is 0.223. The van der Waals surface area contributed by atoms with Gasteiger partial charge in [-0.05, 0) is 25.7 Å². The number of hydrogen-bond donors (Lipinski definition) is 2. The van der Waals surface area contributed by atoms with E-state index in [0.717, 1.165) is 12.3 Å². The molecule has 1 aliphatic carbocycles. The lowest BCUT2D eigenvalue weighted by atomic mass is 9.99. The van der Waals surface area contributed by atoms with Crippen LogP contribution in [0, 0.1) is 5.92 Å². The summed E-state index contributed by atoms with van der Waals surface area (Å²) in [5.74, 6) is 0.939. The Labute approximate surface area is 88.1 Å². The van der Waals surface area contributed by atoms with Gasteiger partial charge in [-0.2, -0.15) is 0 Å². The van der Waals surface area contributed by atoms with Crippen molar-refractivity contribution in [3.63, 3.8) is 0 Å². The third-order valence-electron chi connectivity index (χ3n) is 3.40. The van der Waals surface area contributed by atoms with E-state index in [2.05, 4.69) is 19.2 Å². The highest BCUT2D eigenvalue weighted by atomic mass is 16.3. The molecule has 2 N–H and O–H groups in total. The molecule has 2 atom stereocenters. The molecule has 0 spiro atoms. The van der Waals surface area contributed by atoms with E-state index >= 15 is 0 Å². The van der Waals surface area contributed by atoms with E-state index in [0.29, 0.717) is 12.1 Å². The van der Waals surface area contributed by atoms with E-state index in [1.807, 2.05) is 0 Å². The fourth-order valence-electron chi connectivity index (χ4n) is 2.52. The Morgan fingerprint density at radius 3 is 2.50 bits per heavy atom. The molecule has 0 bridgehead atoms. The van der Waals surface area contributed by atoms with Gasteiger partial charge >= 0.3 is 0 Å². The van der Waals surface area contributed by atoms with Crippen LogP contribution in [0.1, 0.15) is 52.4 Å². The van der Waals surface area contributed by atoms with Gasteiger partial charge < -0.3 is 10.4 Å². The van der Waals surface area contributed by atoms with E-state index in [4.69, 9.17) is 5.11 Å². The third-order valence-corrected chi connectivity index (χ3v) is 3.40. The minimum atomic E-state index is 0.269. The van der Waals surface area contributed by atoms with Crippen LogP contribution in [0.15, 0.2) is 0 Å². The number of aliphatic hydroxyl groups excluding tert-OH is 1. The smallest absolute Gasteiger partial charge is 0.0584 e. The SMILES string of the molecule is CCC(CO)NC(C)CC1CCCC1. The van der Waals surface area contributed by atoms with Gasteiger partial charge in [-0.3, -0.25) is 0 Å². The van der Waals surface area contributed by atoms with Crippen LogP contribution in [-0.4, -0.2) is 23.8 Å². The summed E-state index contributed by atoms with van der Waals surface area (Å²) in [5.41, 5.74) is 0. The minimum Gasteiger partial charge on any atom is -0.395 e. The Bertz CT molecular complexity index is 135. The first-order chi connectivity index (χ1) is 6.76. The van der Waals surface area contributed by atoms with Gasteiger partial charge in [0.25, 0.3) is 0 Å². The third kappa shape index (κ3) is 3.97. The summed E-state index contributed by atoms with van der Waals surface area (Å²) in [7, 11) is 0. The van der Waals surface area contributed by atoms with E-state index in [9.17, 15) is 0 Å². The van der Waals surface area contributed by atoms with Gasteiger partial charge in [0, 0.05) is 12.1 Å². The van der Waals surface area contributed by atoms with E-state index < -0.39 is 0 Å². The fraction of sp³-hybridized carbons (Fsp3) is 1.00. The molecule has 2 nitrogen and oxygen atoms in total. The maximum atomic E-state index is 9.07. The molecule has 0 radical (unpaired) electrons. The molecular formula is C12H25NO. The topological polar surface area (TPSA) is 32.3 Å². The molecule has 0 aromatic carbocycles. The van der Waals surface area contributed by atoms with Crippen LogP contribution in [0.5, 0.6) is 0 Å². The summed E-state index contributed by atoms with van der Waals surface area (Å²) in [6.45, 7) is 4.64. The van der Waals surface area contributed by atoms with Crippen LogP contribution in [0.4, 0.5) is 0 Å². The molecule has 0 aromatic heterocycles. The summed E-state index contributed by atoms with van der Waals surface area (Å²) in [5, 5.41) is 12.6. The van der Waals surface area contributed by atoms with Gasteiger partial charge in [0.2, 0.25) is 0 Å². The van der Waals surface area contributed by atoms with Crippen LogP contribution in [0.2, 0.25) is 0 Å². The van der Waals surface area contributed by atoms with Crippen molar-refractivity contribution in [3.05, 3.63) is 0 Å². The zero-order valence-electron chi connectivity index (χ0n) is 9.63. The van der Waals surface area contributed by atoms with Crippen molar-refractivity contribution < 1.29 is 5.11 Å². The Balaban J connectivity index is 2.16. The maximum Gasteiger partial charge on any atom is 0.0584 e. The van der Waals surface area contributed by atoms with Crippen molar-refractivity contribution >= 4 is 0 Å². The summed E-state index contributed by atoms with van der Waals surface area (Å²) in [4.78, 5) is 0. The van der Waals surface area contributed by atoms with Crippen LogP contribution in [0.25, 0.3) is 0 Å². The first-order valence-electron chi connectivity index (χ1n) is 6.13. The summed E-state index contributed by atoms with van der Waals surface area (Å²) < 4.78 is 0. The molecule has 0 saturated heterocycles. The molecule has 1 saturated carbocycles. The first-order valence-corrected chi connectivity index (χ1v) is 6.13. The molecule has 1 aliphatic rings. The van der Waals surface area contributed by atoms with E-state index in [1.54, 1.807) is 0 Å². The normalized spacial score (nSPS) is 22.5. The largest absolute Gasteiger partial charge is 0.395 e. The maximum absolute atomic E-state index is 9.07. The Morgan fingerprint density at radius 1 is 1.36 bits per heavy atom. The molecule has 1 rings (SSSR count). The molecule has 14 heavy (non-hydrogen) atoms. The van der Waals surface area contributed by atoms with Crippen molar-refractivity contribution in [3.8, 4) is 0 Å². The first kappa shape index (κ1) is 12.0. The second-order valence-corrected chi connectivity index (χ2v) is 4.74. The molecular weight excluding hydrogens is 174 g/mol. The standard InChI is InChI=1S/C12H25NO/c1-3-12(9-14)13-10(2)8-11-6-4-5-7-11/h10-14H,3-9H2,1-2H3. The second-order valence-electron chi connectivity index (χ2n) is 4.74. The molecule has 2 unspecified atom stereocenters. The molecule has 2 heteroatoms. The lowest BCUT2D eigenvalue weighted by Gasteiger charge is -2.22. The predicted octanol–water partition coefficient (Wildman–Crippen LogP) is 2.32. The highest BCUT2D eigenvalue weighted by molar-refractivity contribution is 4.75. The second kappa shape index (κ2) is 6.41. The average Bonchev–Trinajstić information content (AvgIpc) is 2.66. The number of nitrogens with one attached hydrogen (secondary N) is 1. The molecule has 0 amide bonds. The quantitative estimate of drug-likeness (QED) is 0.688. The van der Waals surface area contributed by atoms with Crippen molar-refractivity contribution in [2.75, 3.05) is 6.61 Å². The number of aliphatic hydroxyl groups is 1. The van der Waals surface area contributed by atoms with E-state index in [1.165, 1.54) is 32.1 Å². The van der Waals surface area contributed by atoms with Crippen LogP contribution in [0.3, 0.4) is 0 Å². The molecule has 0 aromatic rings. The minimum absolute atomic E-state index is 0.269. The lowest BCUT2D eigenvalue weighted by Crippen LogP contribution is -2.39. The van der Waals surface area contributed by atoms with Crippen molar-refractivity contribution in [2.24, 2.45) is 5.92 Å². The summed E-state index contributed by atoms with van der Waals surface area (Å²) >= 11 is 0. The highest BCUT2D eigenvalue weighted by Gasteiger charge is 2.18. The molecule has 1 fully saturated rings. The van der Waals surface area contributed by atoms with Gasteiger partial charge in [0.05, 0.1) is 6.61 Å².